The minimum absolute atomic E-state index is 0.0133. The molecule has 0 unspecified atom stereocenters. The third-order valence-corrected chi connectivity index (χ3v) is 4.35. The summed E-state index contributed by atoms with van der Waals surface area (Å²) in [7, 11) is 0. The molecule has 6 nitrogen and oxygen atoms in total. The van der Waals surface area contributed by atoms with Crippen molar-refractivity contribution in [2.45, 2.75) is 32.9 Å². The van der Waals surface area contributed by atoms with Crippen LogP contribution >= 0.6 is 0 Å². The summed E-state index contributed by atoms with van der Waals surface area (Å²) >= 11 is 0. The molecule has 2 amide bonds. The molecular formula is C18H25F2N3O3. The molecule has 0 atom stereocenters. The lowest BCUT2D eigenvalue weighted by Crippen LogP contribution is -2.43. The predicted molar refractivity (Wildman–Crippen MR) is 92.8 cm³/mol. The zero-order valence-electron chi connectivity index (χ0n) is 14.8. The van der Waals surface area contributed by atoms with Gasteiger partial charge in [-0.15, -0.1) is 0 Å². The first kappa shape index (κ1) is 20.1. The van der Waals surface area contributed by atoms with E-state index < -0.39 is 6.61 Å². The molecule has 144 valence electrons. The molecule has 1 aliphatic rings. The average Bonchev–Trinajstić information content (AvgIpc) is 2.60. The van der Waals surface area contributed by atoms with Gasteiger partial charge in [0, 0.05) is 20.0 Å². The maximum absolute atomic E-state index is 12.1. The number of rotatable bonds is 8. The highest BCUT2D eigenvalue weighted by atomic mass is 19.3. The van der Waals surface area contributed by atoms with Gasteiger partial charge < -0.3 is 15.4 Å². The monoisotopic (exact) mass is 369 g/mol. The molecule has 8 heteroatoms. The van der Waals surface area contributed by atoms with Crippen LogP contribution in [0, 0.1) is 5.92 Å². The highest BCUT2D eigenvalue weighted by molar-refractivity contribution is 5.78. The maximum atomic E-state index is 12.1. The Morgan fingerprint density at radius 3 is 2.42 bits per heavy atom. The van der Waals surface area contributed by atoms with Crippen molar-refractivity contribution >= 4 is 11.8 Å². The fourth-order valence-electron chi connectivity index (χ4n) is 2.89. The van der Waals surface area contributed by atoms with Gasteiger partial charge in [0.1, 0.15) is 5.75 Å². The number of hydrogen-bond acceptors (Lipinski definition) is 4. The molecule has 0 spiro atoms. The Morgan fingerprint density at radius 2 is 1.85 bits per heavy atom. The normalized spacial score (nSPS) is 15.7. The fraction of sp³-hybridized carbons (Fsp3) is 0.556. The number of piperidine rings is 1. The fourth-order valence-corrected chi connectivity index (χ4v) is 2.89. The molecule has 0 aromatic heterocycles. The average molecular weight is 369 g/mol. The quantitative estimate of drug-likeness (QED) is 0.733. The molecule has 0 aliphatic carbocycles. The molecule has 1 aliphatic heterocycles. The molecule has 1 heterocycles. The number of ether oxygens (including phenoxy) is 1. The largest absolute Gasteiger partial charge is 0.435 e. The molecule has 2 N–H and O–H groups in total. The van der Waals surface area contributed by atoms with E-state index in [1.807, 2.05) is 0 Å². The SMILES string of the molecule is CC(=O)NCC1CCN(CC(=O)NCc2ccc(OC(F)F)cc2)CC1. The van der Waals surface area contributed by atoms with E-state index >= 15 is 0 Å². The van der Waals surface area contributed by atoms with E-state index in [0.717, 1.165) is 31.5 Å². The smallest absolute Gasteiger partial charge is 0.387 e. The van der Waals surface area contributed by atoms with Gasteiger partial charge in [0.05, 0.1) is 6.54 Å². The van der Waals surface area contributed by atoms with Gasteiger partial charge in [-0.2, -0.15) is 8.78 Å². The number of alkyl halides is 2. The van der Waals surface area contributed by atoms with Crippen LogP contribution < -0.4 is 15.4 Å². The number of nitrogens with zero attached hydrogens (tertiary/aromatic N) is 1. The summed E-state index contributed by atoms with van der Waals surface area (Å²) in [5.74, 6) is 0.475. The van der Waals surface area contributed by atoms with Gasteiger partial charge in [0.2, 0.25) is 11.8 Å². The molecule has 2 rings (SSSR count). The van der Waals surface area contributed by atoms with E-state index in [-0.39, 0.29) is 17.6 Å². The molecular weight excluding hydrogens is 344 g/mol. The molecule has 26 heavy (non-hydrogen) atoms. The van der Waals surface area contributed by atoms with Crippen LogP contribution in [0.4, 0.5) is 8.78 Å². The summed E-state index contributed by atoms with van der Waals surface area (Å²) < 4.78 is 28.5. The lowest BCUT2D eigenvalue weighted by atomic mass is 9.97. The third kappa shape index (κ3) is 7.35. The molecule has 0 radical (unpaired) electrons. The number of nitrogens with one attached hydrogen (secondary N) is 2. The highest BCUT2D eigenvalue weighted by Crippen LogP contribution is 2.16. The highest BCUT2D eigenvalue weighted by Gasteiger charge is 2.20. The molecule has 1 aromatic rings. The second-order valence-corrected chi connectivity index (χ2v) is 6.46. The maximum Gasteiger partial charge on any atom is 0.387 e. The van der Waals surface area contributed by atoms with Crippen molar-refractivity contribution in [1.29, 1.82) is 0 Å². The first-order valence-electron chi connectivity index (χ1n) is 8.69. The number of carbonyl (C=O) groups excluding carboxylic acids is 2. The summed E-state index contributed by atoms with van der Waals surface area (Å²) in [5, 5.41) is 5.67. The lowest BCUT2D eigenvalue weighted by Gasteiger charge is -2.31. The van der Waals surface area contributed by atoms with Crippen molar-refractivity contribution in [3.05, 3.63) is 29.8 Å². The van der Waals surface area contributed by atoms with Crippen molar-refractivity contribution in [3.8, 4) is 5.75 Å². The van der Waals surface area contributed by atoms with E-state index in [4.69, 9.17) is 0 Å². The summed E-state index contributed by atoms with van der Waals surface area (Å²) in [5.41, 5.74) is 0.814. The Balaban J connectivity index is 1.65. The van der Waals surface area contributed by atoms with E-state index in [9.17, 15) is 18.4 Å². The number of hydrogen-bond donors (Lipinski definition) is 2. The van der Waals surface area contributed by atoms with Crippen LogP contribution in [0.5, 0.6) is 5.75 Å². The van der Waals surface area contributed by atoms with Crippen LogP contribution in [0.25, 0.3) is 0 Å². The predicted octanol–water partition coefficient (Wildman–Crippen LogP) is 1.75. The van der Waals surface area contributed by atoms with Gasteiger partial charge >= 0.3 is 6.61 Å². The van der Waals surface area contributed by atoms with Crippen LogP contribution in [0.1, 0.15) is 25.3 Å². The number of likely N-dealkylation sites (tertiary alicyclic amines) is 1. The van der Waals surface area contributed by atoms with Crippen LogP contribution in [-0.2, 0) is 16.1 Å². The minimum Gasteiger partial charge on any atom is -0.435 e. The van der Waals surface area contributed by atoms with Crippen molar-refractivity contribution in [2.24, 2.45) is 5.92 Å². The molecule has 0 bridgehead atoms. The second-order valence-electron chi connectivity index (χ2n) is 6.46. The van der Waals surface area contributed by atoms with Crippen LogP contribution in [0.3, 0.4) is 0 Å². The minimum atomic E-state index is -2.84. The number of amides is 2. The Bertz CT molecular complexity index is 588. The van der Waals surface area contributed by atoms with Crippen molar-refractivity contribution in [1.82, 2.24) is 15.5 Å². The van der Waals surface area contributed by atoms with Crippen molar-refractivity contribution < 1.29 is 23.1 Å². The van der Waals surface area contributed by atoms with Gasteiger partial charge in [0.15, 0.2) is 0 Å². The van der Waals surface area contributed by atoms with Crippen LogP contribution in [0.2, 0.25) is 0 Å². The van der Waals surface area contributed by atoms with E-state index in [1.165, 1.54) is 19.1 Å². The Labute approximate surface area is 151 Å². The van der Waals surface area contributed by atoms with E-state index in [1.54, 1.807) is 12.1 Å². The number of halogens is 2. The van der Waals surface area contributed by atoms with Gasteiger partial charge in [-0.1, -0.05) is 12.1 Å². The standard InChI is InChI=1S/C18H25F2N3O3/c1-13(24)21-10-15-6-8-23(9-7-15)12-17(25)22-11-14-2-4-16(5-3-14)26-18(19)20/h2-5,15,18H,6-12H2,1H3,(H,21,24)(H,22,25). The summed E-state index contributed by atoms with van der Waals surface area (Å²) in [6.45, 7) is 1.70. The Hall–Kier alpha value is -2.22. The van der Waals surface area contributed by atoms with Crippen molar-refractivity contribution in [3.63, 3.8) is 0 Å². The van der Waals surface area contributed by atoms with Gasteiger partial charge in [-0.05, 0) is 49.5 Å². The zero-order valence-corrected chi connectivity index (χ0v) is 14.8. The first-order valence-corrected chi connectivity index (χ1v) is 8.69. The van der Waals surface area contributed by atoms with Gasteiger partial charge in [-0.25, -0.2) is 0 Å². The first-order chi connectivity index (χ1) is 12.4. The molecule has 1 aromatic carbocycles. The number of carbonyl (C=O) groups is 2. The van der Waals surface area contributed by atoms with Gasteiger partial charge in [0.25, 0.3) is 0 Å². The second kappa shape index (κ2) is 10.1. The molecule has 1 saturated heterocycles. The lowest BCUT2D eigenvalue weighted by molar-refractivity contribution is -0.122. The Kier molecular flexibility index (Phi) is 7.77. The third-order valence-electron chi connectivity index (χ3n) is 4.35. The topological polar surface area (TPSA) is 70.7 Å². The molecule has 0 saturated carbocycles. The zero-order chi connectivity index (χ0) is 18.9. The molecule has 1 fully saturated rings. The van der Waals surface area contributed by atoms with Crippen LogP contribution in [-0.4, -0.2) is 49.5 Å². The van der Waals surface area contributed by atoms with E-state index in [0.29, 0.717) is 25.6 Å². The summed E-state index contributed by atoms with van der Waals surface area (Å²) in [4.78, 5) is 25.1. The van der Waals surface area contributed by atoms with Gasteiger partial charge in [-0.3, -0.25) is 14.5 Å². The summed E-state index contributed by atoms with van der Waals surface area (Å²) in [6.07, 6.45) is 1.91. The Morgan fingerprint density at radius 1 is 1.19 bits per heavy atom. The van der Waals surface area contributed by atoms with Crippen molar-refractivity contribution in [2.75, 3.05) is 26.2 Å². The number of benzene rings is 1. The van der Waals surface area contributed by atoms with E-state index in [2.05, 4.69) is 20.3 Å². The van der Waals surface area contributed by atoms with Crippen LogP contribution in [0.15, 0.2) is 24.3 Å². The summed E-state index contributed by atoms with van der Waals surface area (Å²) in [6, 6.07) is 6.19.